The molecule has 660 valence electrons. The van der Waals surface area contributed by atoms with Crippen molar-refractivity contribution >= 4 is 87.1 Å². The van der Waals surface area contributed by atoms with Crippen molar-refractivity contribution in [2.75, 3.05) is 122 Å². The number of hydrogen-bond donors (Lipinski definition) is 7. The van der Waals surface area contributed by atoms with Gasteiger partial charge in [0.1, 0.15) is 30.1 Å². The lowest BCUT2D eigenvalue weighted by atomic mass is 9.81. The van der Waals surface area contributed by atoms with Crippen LogP contribution in [-0.4, -0.2) is 236 Å². The number of halogens is 2. The first-order valence-corrected chi connectivity index (χ1v) is 46.3. The molecule has 6 aliphatic rings. The summed E-state index contributed by atoms with van der Waals surface area (Å²) in [5.41, 5.74) is 7.16. The van der Waals surface area contributed by atoms with E-state index in [0.717, 1.165) is 49.7 Å². The normalized spacial score (nSPS) is 19.4. The van der Waals surface area contributed by atoms with Crippen molar-refractivity contribution in [1.82, 2.24) is 25.8 Å². The van der Waals surface area contributed by atoms with Gasteiger partial charge >= 0.3 is 0 Å². The molecule has 4 aromatic carbocycles. The maximum Gasteiger partial charge on any atom is 0.294 e. The van der Waals surface area contributed by atoms with Crippen molar-refractivity contribution in [3.8, 4) is 11.8 Å². The van der Waals surface area contributed by atoms with Crippen LogP contribution in [0.15, 0.2) is 136 Å². The zero-order chi connectivity index (χ0) is 87.5. The van der Waals surface area contributed by atoms with Gasteiger partial charge in [0, 0.05) is 105 Å². The third-order valence-electron chi connectivity index (χ3n) is 22.0. The molecule has 3 atom stereocenters. The second kappa shape index (κ2) is 42.1. The summed E-state index contributed by atoms with van der Waals surface area (Å²) in [7, 11) is -17.7. The maximum absolute atomic E-state index is 14.0. The number of fused-ring (bicyclic) bond motifs is 3. The SMILES string of the molecule is CC1(C)C(/C=C/C2=C(Oc3ccc(CCC(=O)NCCOCCOCCOCCOCCOCCOCCC(=O)NCc4cccc5c4CN(C(=O)C[C@@H]4C[C@@H](C(=O)N6CC(F)(F)C[C@H]6C#N)NC4=O)C5)cc3)C(=C/C=C3/N(CCCCS(=O)(=O)O)c4ccc(S(=O)(=O)O)cc4C3(C)C)/CCC2)=[N+](CCCCS(=O)(=O)O)c2ccc(S(=O)(=O)O)cc21. The Morgan fingerprint density at radius 3 is 1.91 bits per heavy atom. The van der Waals surface area contributed by atoms with Gasteiger partial charge in [0.15, 0.2) is 5.71 Å². The zero-order valence-electron chi connectivity index (χ0n) is 68.2. The number of nitriles is 1. The number of hydrogen-bond acceptors (Lipinski definition) is 22. The Bertz CT molecular complexity index is 5130. The minimum atomic E-state index is -4.60. The molecule has 121 heavy (non-hydrogen) atoms. The van der Waals surface area contributed by atoms with Crippen LogP contribution in [0.3, 0.4) is 0 Å². The predicted molar refractivity (Wildman–Crippen MR) is 439 cm³/mol. The minimum absolute atomic E-state index is 0.0513. The van der Waals surface area contributed by atoms with Crippen molar-refractivity contribution in [2.24, 2.45) is 5.92 Å². The molecule has 2 saturated heterocycles. The molecule has 7 N–H and O–H groups in total. The summed E-state index contributed by atoms with van der Waals surface area (Å²) in [4.78, 5) is 68.7. The Balaban J connectivity index is 0.613. The molecule has 0 bridgehead atoms. The number of anilines is 1. The molecule has 5 heterocycles. The average molecular weight is 1770 g/mol. The van der Waals surface area contributed by atoms with E-state index < -0.39 is 112 Å². The smallest absolute Gasteiger partial charge is 0.294 e. The number of nitrogens with zero attached hydrogens (tertiary/aromatic N) is 5. The number of allylic oxidation sites excluding steroid dienone is 7. The molecular formula is C83H107F2N8O24S4+. The fourth-order valence-corrected chi connectivity index (χ4v) is 17.8. The summed E-state index contributed by atoms with van der Waals surface area (Å²) in [6.45, 7) is 11.9. The quantitative estimate of drug-likeness (QED) is 0.0125. The van der Waals surface area contributed by atoms with Crippen LogP contribution < -0.4 is 25.6 Å². The van der Waals surface area contributed by atoms with Gasteiger partial charge in [0.25, 0.3) is 46.4 Å². The van der Waals surface area contributed by atoms with E-state index in [1.54, 1.807) is 35.2 Å². The third-order valence-corrected chi connectivity index (χ3v) is 25.3. The van der Waals surface area contributed by atoms with Gasteiger partial charge in [-0.2, -0.15) is 43.5 Å². The Kier molecular flexibility index (Phi) is 32.8. The molecule has 10 rings (SSSR count). The lowest BCUT2D eigenvalue weighted by Crippen LogP contribution is -2.46. The first kappa shape index (κ1) is 94.5. The van der Waals surface area contributed by atoms with Crippen LogP contribution in [0, 0.1) is 17.2 Å². The van der Waals surface area contributed by atoms with E-state index in [1.165, 1.54) is 24.3 Å². The van der Waals surface area contributed by atoms with Gasteiger partial charge in [-0.25, -0.2) is 8.78 Å². The van der Waals surface area contributed by atoms with Gasteiger partial charge in [-0.15, -0.1) is 0 Å². The summed E-state index contributed by atoms with van der Waals surface area (Å²) in [6.07, 6.45) is 9.99. The first-order valence-electron chi connectivity index (χ1n) is 40.2. The number of carbonyl (C=O) groups excluding carboxylic acids is 5. The molecule has 0 spiro atoms. The van der Waals surface area contributed by atoms with E-state index in [4.69, 9.17) is 33.2 Å². The summed E-state index contributed by atoms with van der Waals surface area (Å²) >= 11 is 0. The number of ether oxygens (including phenoxy) is 7. The number of rotatable bonds is 46. The van der Waals surface area contributed by atoms with Gasteiger partial charge < -0.3 is 63.8 Å². The standard InChI is InChI=1S/C83H106F2N8O24S4/c1-81(2)68-49-65(120(105,106)107)22-24-71(68)91(31-5-7-45-118(99,100)101)73(81)26-18-58-11-9-12-59(19-27-74-82(3,4)69-50-66(121(108,109)110)23-25-72(69)92(74)32-6-8-46-119(102,103)104)78(58)117-64-20-15-57(16-21-64)17-28-75(94)87-30-34-112-36-38-114-40-42-116-44-43-115-41-39-113-37-35-111-33-29-76(95)88-53-60-13-10-14-61-54-90(55-67(60)61)77(96)48-62-47-70(89-79(62)97)80(98)93-56-83(84,85)51-63(93)52-86/h10,13-16,18-27,49-50,62-63,70H,5-9,11-12,17,28-48,51,53-56H2,1-4H3,(H6-,87,88,89,94,95,97,99,100,101,102,103,104,105,106,107,108,109,110)/p+1/t62-,63-,70-/m0/s1. The molecular weight excluding hydrogens is 1660 g/mol. The lowest BCUT2D eigenvalue weighted by molar-refractivity contribution is -0.438. The van der Waals surface area contributed by atoms with Gasteiger partial charge in [-0.3, -0.25) is 42.2 Å². The van der Waals surface area contributed by atoms with Gasteiger partial charge in [-0.1, -0.05) is 50.3 Å². The lowest BCUT2D eigenvalue weighted by Gasteiger charge is -2.27. The molecule has 32 nitrogen and oxygen atoms in total. The van der Waals surface area contributed by atoms with Crippen LogP contribution in [0.4, 0.5) is 20.2 Å². The molecule has 4 aromatic rings. The second-order valence-corrected chi connectivity index (χ2v) is 37.5. The number of carbonyl (C=O) groups is 5. The van der Waals surface area contributed by atoms with Crippen molar-refractivity contribution < 1.29 is 122 Å². The third kappa shape index (κ3) is 26.6. The van der Waals surface area contributed by atoms with Crippen LogP contribution >= 0.6 is 0 Å². The summed E-state index contributed by atoms with van der Waals surface area (Å²) in [5.74, 6) is -6.01. The Labute approximate surface area is 704 Å². The molecule has 0 saturated carbocycles. The largest absolute Gasteiger partial charge is 0.457 e. The summed E-state index contributed by atoms with van der Waals surface area (Å²) in [5, 5.41) is 17.6. The van der Waals surface area contributed by atoms with Crippen LogP contribution in [0.25, 0.3) is 0 Å². The Hall–Kier alpha value is -8.79. The highest BCUT2D eigenvalue weighted by molar-refractivity contribution is 7.86. The van der Waals surface area contributed by atoms with Gasteiger partial charge in [0.05, 0.1) is 119 Å². The highest BCUT2D eigenvalue weighted by Gasteiger charge is 2.51. The maximum atomic E-state index is 14.0. The van der Waals surface area contributed by atoms with Gasteiger partial charge in [0.2, 0.25) is 35.2 Å². The van der Waals surface area contributed by atoms with E-state index >= 15 is 0 Å². The highest BCUT2D eigenvalue weighted by atomic mass is 32.2. The predicted octanol–water partition coefficient (Wildman–Crippen LogP) is 7.93. The average Bonchev–Trinajstić information content (AvgIpc) is 1.59. The van der Waals surface area contributed by atoms with Crippen molar-refractivity contribution in [1.29, 1.82) is 5.26 Å². The van der Waals surface area contributed by atoms with E-state index in [2.05, 4.69) is 16.0 Å². The molecule has 0 aromatic heterocycles. The van der Waals surface area contributed by atoms with E-state index in [9.17, 15) is 89.9 Å². The van der Waals surface area contributed by atoms with Crippen LogP contribution in [0.2, 0.25) is 0 Å². The van der Waals surface area contributed by atoms with Crippen LogP contribution in [-0.2, 0) is 130 Å². The summed E-state index contributed by atoms with van der Waals surface area (Å²) < 4.78 is 206. The number of benzene rings is 4. The number of likely N-dealkylation sites (tertiary alicyclic amines) is 1. The molecule has 0 radical (unpaired) electrons. The number of unbranched alkanes of at least 4 members (excludes halogenated alkanes) is 2. The summed E-state index contributed by atoms with van der Waals surface area (Å²) in [6, 6.07) is 20.8. The number of nitrogens with one attached hydrogen (secondary N) is 3. The monoisotopic (exact) mass is 1770 g/mol. The molecule has 0 unspecified atom stereocenters. The van der Waals surface area contributed by atoms with Crippen molar-refractivity contribution in [2.45, 2.75) is 169 Å². The highest BCUT2D eigenvalue weighted by Crippen LogP contribution is 2.50. The zero-order valence-corrected chi connectivity index (χ0v) is 71.4. The molecule has 38 heteroatoms. The van der Waals surface area contributed by atoms with Crippen molar-refractivity contribution in [3.05, 3.63) is 159 Å². The number of aryl methyl sites for hydroxylation is 1. The van der Waals surface area contributed by atoms with Crippen LogP contribution in [0.5, 0.6) is 5.75 Å². The number of alkyl halides is 2. The molecule has 5 aliphatic heterocycles. The Morgan fingerprint density at radius 2 is 1.28 bits per heavy atom. The van der Waals surface area contributed by atoms with E-state index in [-0.39, 0.29) is 119 Å². The minimum Gasteiger partial charge on any atom is -0.457 e. The topological polar surface area (TPSA) is 440 Å². The second-order valence-electron chi connectivity index (χ2n) is 31.5. The van der Waals surface area contributed by atoms with Crippen LogP contribution in [0.1, 0.15) is 138 Å². The van der Waals surface area contributed by atoms with E-state index in [1.807, 2.05) is 91.8 Å². The molecule has 5 amide bonds. The number of amides is 5. The molecule has 2 fully saturated rings. The Morgan fingerprint density at radius 1 is 0.678 bits per heavy atom. The van der Waals surface area contributed by atoms with E-state index in [0.29, 0.717) is 139 Å². The first-order chi connectivity index (χ1) is 57.3. The fraction of sp³-hybridized carbons (Fsp3) is 0.530. The van der Waals surface area contributed by atoms with Gasteiger partial charge in [-0.05, 0) is 159 Å². The van der Waals surface area contributed by atoms with Crippen molar-refractivity contribution in [3.63, 3.8) is 0 Å². The fourth-order valence-electron chi connectivity index (χ4n) is 15.6. The molecule has 1 aliphatic carbocycles.